The van der Waals surface area contributed by atoms with E-state index in [-0.39, 0.29) is 11.9 Å². The van der Waals surface area contributed by atoms with E-state index < -0.39 is 0 Å². The number of unbranched alkanes of at least 4 members (excludes halogenated alkanes) is 2. The van der Waals surface area contributed by atoms with Crippen LogP contribution in [-0.4, -0.2) is 12.6 Å². The molecule has 0 N–H and O–H groups in total. The molecule has 0 aromatic carbocycles. The molecule has 2 aliphatic rings. The predicted octanol–water partition coefficient (Wildman–Crippen LogP) is 6.77. The van der Waals surface area contributed by atoms with Gasteiger partial charge in [-0.15, -0.1) is 0 Å². The second-order valence-electron chi connectivity index (χ2n) is 9.03. The van der Waals surface area contributed by atoms with Gasteiger partial charge in [0, 0.05) is 0 Å². The van der Waals surface area contributed by atoms with Gasteiger partial charge >= 0.3 is 5.97 Å². The smallest absolute Gasteiger partial charge is 0.308 e. The topological polar surface area (TPSA) is 26.3 Å². The Morgan fingerprint density at radius 3 is 2.08 bits per heavy atom. The van der Waals surface area contributed by atoms with Crippen molar-refractivity contribution >= 4 is 5.97 Å². The summed E-state index contributed by atoms with van der Waals surface area (Å²) in [5, 5.41) is 0. The summed E-state index contributed by atoms with van der Waals surface area (Å²) in [4.78, 5) is 12.2. The number of esters is 1. The van der Waals surface area contributed by atoms with Crippen LogP contribution >= 0.6 is 0 Å². The van der Waals surface area contributed by atoms with Gasteiger partial charge in [-0.05, 0) is 62.2 Å². The molecule has 146 valence electrons. The molecule has 0 aromatic heterocycles. The highest BCUT2D eigenvalue weighted by Gasteiger charge is 2.33. The van der Waals surface area contributed by atoms with Crippen LogP contribution in [0.4, 0.5) is 0 Å². The molecule has 2 nitrogen and oxygen atoms in total. The molecule has 25 heavy (non-hydrogen) atoms. The summed E-state index contributed by atoms with van der Waals surface area (Å²) < 4.78 is 5.54. The van der Waals surface area contributed by atoms with Crippen LogP contribution in [0.15, 0.2) is 0 Å². The van der Waals surface area contributed by atoms with E-state index in [4.69, 9.17) is 4.74 Å². The molecule has 0 radical (unpaired) electrons. The summed E-state index contributed by atoms with van der Waals surface area (Å²) in [7, 11) is 0. The second-order valence-corrected chi connectivity index (χ2v) is 9.03. The monoisotopic (exact) mass is 350 g/mol. The minimum Gasteiger partial charge on any atom is -0.465 e. The van der Waals surface area contributed by atoms with E-state index in [1.165, 1.54) is 64.2 Å². The Hall–Kier alpha value is -0.530. The van der Waals surface area contributed by atoms with Gasteiger partial charge in [0.05, 0.1) is 12.5 Å². The fourth-order valence-corrected chi connectivity index (χ4v) is 4.92. The van der Waals surface area contributed by atoms with Crippen molar-refractivity contribution in [2.45, 2.75) is 104 Å². The number of carbonyl (C=O) groups excluding carboxylic acids is 1. The van der Waals surface area contributed by atoms with E-state index in [2.05, 4.69) is 20.8 Å². The SMILES string of the molecule is CCCCC[C@H]1CC[C@H]([C@H]2CC[C@H](C(=O)OC[C@H](C)CC)CC2)CC1. The van der Waals surface area contributed by atoms with Crippen molar-refractivity contribution in [2.24, 2.45) is 29.6 Å². The molecule has 1 atom stereocenters. The Bertz CT molecular complexity index is 362. The molecule has 0 saturated heterocycles. The standard InChI is InChI=1S/C23H42O2/c1-4-6-7-8-19-9-11-20(12-10-19)21-13-15-22(16-14-21)23(24)25-17-18(3)5-2/h18-22H,4-17H2,1-3H3/t18-,19-,20-,21-,22-/m1/s1. The van der Waals surface area contributed by atoms with Gasteiger partial charge in [-0.2, -0.15) is 0 Å². The number of ether oxygens (including phenoxy) is 1. The number of hydrogen-bond acceptors (Lipinski definition) is 2. The minimum atomic E-state index is 0.0818. The van der Waals surface area contributed by atoms with Crippen LogP contribution < -0.4 is 0 Å². The average Bonchev–Trinajstić information content (AvgIpc) is 2.66. The lowest BCUT2D eigenvalue weighted by Gasteiger charge is -2.37. The van der Waals surface area contributed by atoms with E-state index in [1.54, 1.807) is 0 Å². The summed E-state index contributed by atoms with van der Waals surface area (Å²) in [6.45, 7) is 7.22. The average molecular weight is 351 g/mol. The molecular weight excluding hydrogens is 308 g/mol. The Labute approximate surface area is 156 Å². The zero-order chi connectivity index (χ0) is 18.1. The Morgan fingerprint density at radius 2 is 1.52 bits per heavy atom. The van der Waals surface area contributed by atoms with Gasteiger partial charge in [0.1, 0.15) is 0 Å². The first-order valence-electron chi connectivity index (χ1n) is 11.3. The van der Waals surface area contributed by atoms with Crippen molar-refractivity contribution < 1.29 is 9.53 Å². The van der Waals surface area contributed by atoms with Crippen LogP contribution in [0, 0.1) is 29.6 Å². The maximum atomic E-state index is 12.2. The van der Waals surface area contributed by atoms with Gasteiger partial charge < -0.3 is 4.74 Å². The molecular formula is C23H42O2. The largest absolute Gasteiger partial charge is 0.465 e. The maximum Gasteiger partial charge on any atom is 0.308 e. The molecule has 2 rings (SSSR count). The summed E-state index contributed by atoms with van der Waals surface area (Å²) in [6.07, 6.45) is 17.2. The highest BCUT2D eigenvalue weighted by atomic mass is 16.5. The first kappa shape index (κ1) is 20.8. The minimum absolute atomic E-state index is 0.0818. The molecule has 0 amide bonds. The normalized spacial score (nSPS) is 31.5. The highest BCUT2D eigenvalue weighted by molar-refractivity contribution is 5.72. The molecule has 2 fully saturated rings. The lowest BCUT2D eigenvalue weighted by atomic mass is 9.68. The van der Waals surface area contributed by atoms with Crippen molar-refractivity contribution in [2.75, 3.05) is 6.61 Å². The lowest BCUT2D eigenvalue weighted by molar-refractivity contribution is -0.151. The highest BCUT2D eigenvalue weighted by Crippen LogP contribution is 2.42. The van der Waals surface area contributed by atoms with Crippen molar-refractivity contribution in [3.63, 3.8) is 0 Å². The first-order valence-corrected chi connectivity index (χ1v) is 11.3. The molecule has 0 aliphatic heterocycles. The molecule has 0 aromatic rings. The third-order valence-corrected chi connectivity index (χ3v) is 7.09. The van der Waals surface area contributed by atoms with Crippen molar-refractivity contribution in [1.82, 2.24) is 0 Å². The van der Waals surface area contributed by atoms with Crippen LogP contribution in [0.25, 0.3) is 0 Å². The van der Waals surface area contributed by atoms with Crippen LogP contribution in [0.5, 0.6) is 0 Å². The maximum absolute atomic E-state index is 12.2. The van der Waals surface area contributed by atoms with E-state index in [1.807, 2.05) is 0 Å². The van der Waals surface area contributed by atoms with Crippen LogP contribution in [-0.2, 0) is 9.53 Å². The first-order chi connectivity index (χ1) is 12.1. The summed E-state index contributed by atoms with van der Waals surface area (Å²) in [5.41, 5.74) is 0. The van der Waals surface area contributed by atoms with Gasteiger partial charge in [0.2, 0.25) is 0 Å². The van der Waals surface area contributed by atoms with Gasteiger partial charge in [-0.3, -0.25) is 4.79 Å². The van der Waals surface area contributed by atoms with Crippen molar-refractivity contribution in [3.8, 4) is 0 Å². The van der Waals surface area contributed by atoms with E-state index in [0.717, 1.165) is 37.0 Å². The van der Waals surface area contributed by atoms with E-state index >= 15 is 0 Å². The third-order valence-electron chi connectivity index (χ3n) is 7.09. The van der Waals surface area contributed by atoms with Crippen molar-refractivity contribution in [3.05, 3.63) is 0 Å². The molecule has 2 saturated carbocycles. The molecule has 2 aliphatic carbocycles. The second kappa shape index (κ2) is 11.2. The van der Waals surface area contributed by atoms with Crippen molar-refractivity contribution in [1.29, 1.82) is 0 Å². The Balaban J connectivity index is 1.63. The molecule has 0 unspecified atom stereocenters. The number of hydrogen-bond donors (Lipinski definition) is 0. The van der Waals surface area contributed by atoms with Gasteiger partial charge in [0.25, 0.3) is 0 Å². The summed E-state index contributed by atoms with van der Waals surface area (Å²) >= 11 is 0. The molecule has 2 heteroatoms. The lowest BCUT2D eigenvalue weighted by Crippen LogP contribution is -2.29. The fraction of sp³-hybridized carbons (Fsp3) is 0.957. The zero-order valence-corrected chi connectivity index (χ0v) is 17.1. The summed E-state index contributed by atoms with van der Waals surface area (Å²) in [6, 6.07) is 0. The molecule has 0 bridgehead atoms. The quantitative estimate of drug-likeness (QED) is 0.339. The van der Waals surface area contributed by atoms with Gasteiger partial charge in [0.15, 0.2) is 0 Å². The van der Waals surface area contributed by atoms with E-state index in [0.29, 0.717) is 12.5 Å². The predicted molar refractivity (Wildman–Crippen MR) is 105 cm³/mol. The van der Waals surface area contributed by atoms with E-state index in [9.17, 15) is 4.79 Å². The molecule has 0 spiro atoms. The molecule has 0 heterocycles. The zero-order valence-electron chi connectivity index (χ0n) is 17.1. The van der Waals surface area contributed by atoms with Crippen LogP contribution in [0.3, 0.4) is 0 Å². The van der Waals surface area contributed by atoms with Gasteiger partial charge in [-0.1, -0.05) is 65.7 Å². The van der Waals surface area contributed by atoms with Gasteiger partial charge in [-0.25, -0.2) is 0 Å². The fourth-order valence-electron chi connectivity index (χ4n) is 4.92. The Kier molecular flexibility index (Phi) is 9.34. The van der Waals surface area contributed by atoms with Crippen LogP contribution in [0.2, 0.25) is 0 Å². The van der Waals surface area contributed by atoms with Crippen LogP contribution in [0.1, 0.15) is 104 Å². The summed E-state index contributed by atoms with van der Waals surface area (Å²) in [5.74, 6) is 3.60. The number of carbonyl (C=O) groups is 1. The number of rotatable bonds is 9. The Morgan fingerprint density at radius 1 is 0.920 bits per heavy atom. The third kappa shape index (κ3) is 6.94.